The largest absolute Gasteiger partial charge is 0.384 e. The molecular weight excluding hydrogens is 314 g/mol. The second-order valence-electron chi connectivity index (χ2n) is 7.20. The molecule has 2 heterocycles. The van der Waals surface area contributed by atoms with Crippen LogP contribution in [0.4, 0.5) is 5.82 Å². The molecule has 0 spiro atoms. The zero-order valence-corrected chi connectivity index (χ0v) is 15.1. The Morgan fingerprint density at radius 2 is 2.20 bits per heavy atom. The van der Waals surface area contributed by atoms with Gasteiger partial charge in [0.05, 0.1) is 6.54 Å². The van der Waals surface area contributed by atoms with E-state index in [1.165, 1.54) is 0 Å². The van der Waals surface area contributed by atoms with Crippen molar-refractivity contribution in [3.8, 4) is 0 Å². The Bertz CT molecular complexity index is 618. The lowest BCUT2D eigenvalue weighted by molar-refractivity contribution is -0.135. The first-order chi connectivity index (χ1) is 12.1. The van der Waals surface area contributed by atoms with E-state index in [0.717, 1.165) is 57.4 Å². The van der Waals surface area contributed by atoms with Crippen LogP contribution >= 0.6 is 0 Å². The van der Waals surface area contributed by atoms with Crippen LogP contribution in [0.5, 0.6) is 0 Å². The van der Waals surface area contributed by atoms with Gasteiger partial charge in [0.25, 0.3) is 0 Å². The minimum absolute atomic E-state index is 0.194. The van der Waals surface area contributed by atoms with Crippen LogP contribution in [0.15, 0.2) is 24.4 Å². The molecule has 2 N–H and O–H groups in total. The van der Waals surface area contributed by atoms with Crippen molar-refractivity contribution < 1.29 is 4.79 Å². The molecule has 0 saturated carbocycles. The van der Waals surface area contributed by atoms with Gasteiger partial charge in [0.15, 0.2) is 0 Å². The number of nitrogen functional groups attached to an aromatic ring is 1. The van der Waals surface area contributed by atoms with E-state index in [1.54, 1.807) is 12.3 Å². The Hall–Kier alpha value is -1.95. The van der Waals surface area contributed by atoms with Crippen LogP contribution in [0, 0.1) is 5.92 Å². The number of carbonyl (C=O) groups excluding carboxylic acids is 1. The number of anilines is 1. The molecule has 6 heteroatoms. The molecule has 0 unspecified atom stereocenters. The van der Waals surface area contributed by atoms with E-state index in [2.05, 4.69) is 39.0 Å². The van der Waals surface area contributed by atoms with E-state index in [1.807, 2.05) is 0 Å². The van der Waals surface area contributed by atoms with Crippen molar-refractivity contribution in [1.29, 1.82) is 0 Å². The molecule has 1 aliphatic heterocycles. The average molecular weight is 343 g/mol. The van der Waals surface area contributed by atoms with Gasteiger partial charge in [0.1, 0.15) is 11.6 Å². The molecule has 1 amide bonds. The van der Waals surface area contributed by atoms with Crippen LogP contribution < -0.4 is 5.73 Å². The molecule has 3 rings (SSSR count). The first-order valence-corrected chi connectivity index (χ1v) is 9.35. The summed E-state index contributed by atoms with van der Waals surface area (Å²) in [5.41, 5.74) is 5.74. The smallest absolute Gasteiger partial charge is 0.226 e. The highest BCUT2D eigenvalue weighted by Crippen LogP contribution is 2.23. The predicted octanol–water partition coefficient (Wildman–Crippen LogP) is 2.23. The first-order valence-electron chi connectivity index (χ1n) is 9.35. The van der Waals surface area contributed by atoms with Gasteiger partial charge < -0.3 is 10.6 Å². The van der Waals surface area contributed by atoms with Crippen molar-refractivity contribution in [3.63, 3.8) is 0 Å². The summed E-state index contributed by atoms with van der Waals surface area (Å²) < 4.78 is 0. The number of aromatic nitrogens is 2. The monoisotopic (exact) mass is 343 g/mol. The third kappa shape index (κ3) is 4.78. The number of amides is 1. The Labute approximate surface area is 150 Å². The van der Waals surface area contributed by atoms with E-state index in [0.29, 0.717) is 24.3 Å². The first kappa shape index (κ1) is 17.9. The van der Waals surface area contributed by atoms with Gasteiger partial charge in [0, 0.05) is 31.2 Å². The van der Waals surface area contributed by atoms with Crippen molar-refractivity contribution in [3.05, 3.63) is 30.2 Å². The van der Waals surface area contributed by atoms with Gasteiger partial charge in [0.2, 0.25) is 5.91 Å². The third-order valence-electron chi connectivity index (χ3n) is 5.37. The van der Waals surface area contributed by atoms with Crippen LogP contribution in [0.1, 0.15) is 44.3 Å². The molecule has 1 aromatic rings. The molecular formula is C19H29N5O. The second-order valence-corrected chi connectivity index (χ2v) is 7.20. The quantitative estimate of drug-likeness (QED) is 0.849. The molecule has 1 fully saturated rings. The summed E-state index contributed by atoms with van der Waals surface area (Å²) in [6.07, 6.45) is 12.2. The average Bonchev–Trinajstić information content (AvgIpc) is 2.88. The minimum atomic E-state index is 0.194. The van der Waals surface area contributed by atoms with Gasteiger partial charge in [-0.1, -0.05) is 12.2 Å². The lowest BCUT2D eigenvalue weighted by atomic mass is 9.93. The molecule has 1 aromatic heterocycles. The summed E-state index contributed by atoms with van der Waals surface area (Å²) in [6, 6.07) is 2.16. The van der Waals surface area contributed by atoms with Gasteiger partial charge in [-0.15, -0.1) is 0 Å². The summed E-state index contributed by atoms with van der Waals surface area (Å²) in [5, 5.41) is 0. The Balaban J connectivity index is 1.53. The molecule has 6 nitrogen and oxygen atoms in total. The van der Waals surface area contributed by atoms with Crippen molar-refractivity contribution >= 4 is 11.7 Å². The number of likely N-dealkylation sites (tertiary alicyclic amines) is 1. The summed E-state index contributed by atoms with van der Waals surface area (Å²) in [5.74, 6) is 1.82. The van der Waals surface area contributed by atoms with Gasteiger partial charge in [-0.2, -0.15) is 0 Å². The zero-order valence-electron chi connectivity index (χ0n) is 15.1. The molecule has 0 radical (unpaired) electrons. The number of carbonyl (C=O) groups is 1. The number of hydrogen-bond acceptors (Lipinski definition) is 5. The lowest BCUT2D eigenvalue weighted by Crippen LogP contribution is -2.38. The van der Waals surface area contributed by atoms with Crippen molar-refractivity contribution in [1.82, 2.24) is 19.8 Å². The highest BCUT2D eigenvalue weighted by molar-refractivity contribution is 5.79. The van der Waals surface area contributed by atoms with E-state index < -0.39 is 0 Å². The lowest BCUT2D eigenvalue weighted by Gasteiger charge is -2.28. The molecule has 1 saturated heterocycles. The standard InChI is InChI=1S/C19H29N5O/c1-23(14-18-21-11-9-17(20)22-18)16-8-5-12-24(13-10-16)19(25)15-6-3-2-4-7-15/h2-3,9,11,15-16H,4-8,10,12-14H2,1H3,(H2,20,21,22)/t15-,16-/m1/s1. The molecule has 0 aromatic carbocycles. The highest BCUT2D eigenvalue weighted by Gasteiger charge is 2.27. The maximum Gasteiger partial charge on any atom is 0.226 e. The van der Waals surface area contributed by atoms with E-state index in [-0.39, 0.29) is 5.92 Å². The molecule has 25 heavy (non-hydrogen) atoms. The van der Waals surface area contributed by atoms with E-state index in [9.17, 15) is 4.79 Å². The number of hydrogen-bond donors (Lipinski definition) is 1. The fraction of sp³-hybridized carbons (Fsp3) is 0.632. The maximum absolute atomic E-state index is 12.8. The van der Waals surface area contributed by atoms with Crippen LogP contribution in [0.25, 0.3) is 0 Å². The SMILES string of the molecule is CN(Cc1nccc(N)n1)[C@@H]1CCCN(C(=O)[C@@H]2CC=CCC2)CC1. The van der Waals surface area contributed by atoms with E-state index in [4.69, 9.17) is 5.73 Å². The summed E-state index contributed by atoms with van der Waals surface area (Å²) in [4.78, 5) is 25.7. The maximum atomic E-state index is 12.8. The zero-order chi connectivity index (χ0) is 17.6. The van der Waals surface area contributed by atoms with Crippen molar-refractivity contribution in [2.24, 2.45) is 5.92 Å². The number of allylic oxidation sites excluding steroid dienone is 2. The fourth-order valence-electron chi connectivity index (χ4n) is 3.86. The number of rotatable bonds is 4. The summed E-state index contributed by atoms with van der Waals surface area (Å²) >= 11 is 0. The topological polar surface area (TPSA) is 75.4 Å². The van der Waals surface area contributed by atoms with Gasteiger partial charge in [-0.25, -0.2) is 9.97 Å². The highest BCUT2D eigenvalue weighted by atomic mass is 16.2. The van der Waals surface area contributed by atoms with Crippen LogP contribution in [0.3, 0.4) is 0 Å². The van der Waals surface area contributed by atoms with Crippen molar-refractivity contribution in [2.45, 2.75) is 51.1 Å². The minimum Gasteiger partial charge on any atom is -0.384 e. The Morgan fingerprint density at radius 1 is 1.32 bits per heavy atom. The van der Waals surface area contributed by atoms with Crippen molar-refractivity contribution in [2.75, 3.05) is 25.9 Å². The normalized spacial score (nSPS) is 24.3. The van der Waals surface area contributed by atoms with Crippen LogP contribution in [-0.2, 0) is 11.3 Å². The van der Waals surface area contributed by atoms with Gasteiger partial charge >= 0.3 is 0 Å². The molecule has 1 aliphatic carbocycles. The number of nitrogens with two attached hydrogens (primary N) is 1. The Kier molecular flexibility index (Phi) is 6.02. The molecule has 0 bridgehead atoms. The fourth-order valence-corrected chi connectivity index (χ4v) is 3.86. The van der Waals surface area contributed by atoms with Crippen LogP contribution in [-0.4, -0.2) is 51.9 Å². The number of nitrogens with zero attached hydrogens (tertiary/aromatic N) is 4. The summed E-state index contributed by atoms with van der Waals surface area (Å²) in [7, 11) is 2.11. The molecule has 2 atom stereocenters. The van der Waals surface area contributed by atoms with Gasteiger partial charge in [-0.05, 0) is 51.6 Å². The Morgan fingerprint density at radius 3 is 2.96 bits per heavy atom. The van der Waals surface area contributed by atoms with E-state index >= 15 is 0 Å². The summed E-state index contributed by atoms with van der Waals surface area (Å²) in [6.45, 7) is 2.43. The third-order valence-corrected chi connectivity index (χ3v) is 5.37. The predicted molar refractivity (Wildman–Crippen MR) is 98.6 cm³/mol. The molecule has 2 aliphatic rings. The molecule has 136 valence electrons. The van der Waals surface area contributed by atoms with Gasteiger partial charge in [-0.3, -0.25) is 9.69 Å². The second kappa shape index (κ2) is 8.43. The van der Waals surface area contributed by atoms with Crippen LogP contribution in [0.2, 0.25) is 0 Å².